The third-order valence-electron chi connectivity index (χ3n) is 9.00. The summed E-state index contributed by atoms with van der Waals surface area (Å²) in [6.07, 6.45) is 0. The molecule has 0 spiro atoms. The van der Waals surface area contributed by atoms with Gasteiger partial charge in [0.2, 0.25) is 0 Å². The molecule has 0 radical (unpaired) electrons. The number of hydrogen-bond donors (Lipinski definition) is 0. The molecule has 3 aliphatic rings. The smallest absolute Gasteiger partial charge is 0.257 e. The molecule has 6 aromatic rings. The van der Waals surface area contributed by atoms with Crippen LogP contribution in [0.5, 0.6) is 11.5 Å². The summed E-state index contributed by atoms with van der Waals surface area (Å²) in [5, 5.41) is 0. The average Bonchev–Trinajstić information content (AvgIpc) is 3.03. The number of rotatable bonds is 3. The van der Waals surface area contributed by atoms with Crippen molar-refractivity contribution in [3.8, 4) is 11.5 Å². The van der Waals surface area contributed by atoms with Gasteiger partial charge in [-0.05, 0) is 75.0 Å². The average molecular weight is 509 g/mol. The molecular formula is C37H24BNO. The number of anilines is 3. The second-order valence-electron chi connectivity index (χ2n) is 10.8. The van der Waals surface area contributed by atoms with Crippen molar-refractivity contribution in [2.75, 3.05) is 4.90 Å². The quantitative estimate of drug-likeness (QED) is 0.243. The monoisotopic (exact) mass is 509 g/mol. The third-order valence-corrected chi connectivity index (χ3v) is 9.00. The van der Waals surface area contributed by atoms with Gasteiger partial charge in [0.25, 0.3) is 6.71 Å². The second kappa shape index (κ2) is 8.00. The molecule has 0 aliphatic carbocycles. The molecule has 3 heteroatoms. The van der Waals surface area contributed by atoms with E-state index in [1.165, 1.54) is 50.0 Å². The van der Waals surface area contributed by atoms with Crippen molar-refractivity contribution in [2.24, 2.45) is 0 Å². The summed E-state index contributed by atoms with van der Waals surface area (Å²) >= 11 is 0. The van der Waals surface area contributed by atoms with E-state index in [0.717, 1.165) is 17.2 Å². The summed E-state index contributed by atoms with van der Waals surface area (Å²) in [7, 11) is 0. The zero-order valence-electron chi connectivity index (χ0n) is 21.8. The predicted octanol–water partition coefficient (Wildman–Crippen LogP) is 6.79. The van der Waals surface area contributed by atoms with E-state index in [0.29, 0.717) is 0 Å². The van der Waals surface area contributed by atoms with Crippen LogP contribution in [-0.2, 0) is 5.41 Å². The topological polar surface area (TPSA) is 12.5 Å². The molecule has 0 amide bonds. The first-order chi connectivity index (χ1) is 19.9. The van der Waals surface area contributed by atoms with E-state index in [4.69, 9.17) is 4.74 Å². The second-order valence-corrected chi connectivity index (χ2v) is 10.8. The fourth-order valence-electron chi connectivity index (χ4n) is 7.59. The molecule has 3 aliphatic heterocycles. The maximum Gasteiger partial charge on any atom is 0.257 e. The van der Waals surface area contributed by atoms with Crippen LogP contribution in [0.15, 0.2) is 146 Å². The van der Waals surface area contributed by atoms with Crippen molar-refractivity contribution in [1.82, 2.24) is 0 Å². The Bertz CT molecular complexity index is 1900. The molecule has 0 bridgehead atoms. The van der Waals surface area contributed by atoms with Gasteiger partial charge in [0.1, 0.15) is 11.5 Å². The summed E-state index contributed by atoms with van der Waals surface area (Å²) in [6, 6.07) is 52.8. The van der Waals surface area contributed by atoms with Gasteiger partial charge >= 0.3 is 0 Å². The number of ether oxygens (including phenoxy) is 1. The van der Waals surface area contributed by atoms with Crippen LogP contribution in [-0.4, -0.2) is 6.71 Å². The molecule has 0 N–H and O–H groups in total. The first-order valence-electron chi connectivity index (χ1n) is 13.9. The fourth-order valence-corrected chi connectivity index (χ4v) is 7.59. The molecule has 9 rings (SSSR count). The summed E-state index contributed by atoms with van der Waals surface area (Å²) in [4.78, 5) is 2.43. The van der Waals surface area contributed by atoms with Crippen LogP contribution in [0.4, 0.5) is 17.1 Å². The summed E-state index contributed by atoms with van der Waals surface area (Å²) in [6.45, 7) is 0.0952. The lowest BCUT2D eigenvalue weighted by molar-refractivity contribution is 0.485. The van der Waals surface area contributed by atoms with E-state index in [-0.39, 0.29) is 6.71 Å². The Kier molecular flexibility index (Phi) is 4.37. The van der Waals surface area contributed by atoms with Crippen LogP contribution < -0.4 is 26.0 Å². The highest BCUT2D eigenvalue weighted by Crippen LogP contribution is 2.51. The zero-order chi connectivity index (χ0) is 26.3. The van der Waals surface area contributed by atoms with Crippen molar-refractivity contribution in [3.05, 3.63) is 168 Å². The van der Waals surface area contributed by atoms with Gasteiger partial charge in [0.05, 0.1) is 5.41 Å². The van der Waals surface area contributed by atoms with E-state index in [2.05, 4.69) is 150 Å². The zero-order valence-corrected chi connectivity index (χ0v) is 21.8. The van der Waals surface area contributed by atoms with Crippen LogP contribution in [0.1, 0.15) is 22.3 Å². The van der Waals surface area contributed by atoms with E-state index in [1.807, 2.05) is 0 Å². The molecule has 186 valence electrons. The van der Waals surface area contributed by atoms with Gasteiger partial charge in [-0.1, -0.05) is 109 Å². The molecule has 0 atom stereocenters. The minimum atomic E-state index is -0.495. The van der Waals surface area contributed by atoms with Crippen LogP contribution in [0.3, 0.4) is 0 Å². The van der Waals surface area contributed by atoms with E-state index < -0.39 is 5.41 Å². The van der Waals surface area contributed by atoms with Gasteiger partial charge in [-0.15, -0.1) is 0 Å². The van der Waals surface area contributed by atoms with Crippen molar-refractivity contribution in [1.29, 1.82) is 0 Å². The number of para-hydroxylation sites is 1. The van der Waals surface area contributed by atoms with Gasteiger partial charge in [0, 0.05) is 17.1 Å². The van der Waals surface area contributed by atoms with E-state index in [1.54, 1.807) is 0 Å². The number of nitrogens with zero attached hydrogens (tertiary/aromatic N) is 1. The molecule has 40 heavy (non-hydrogen) atoms. The SMILES string of the molecule is c1ccc(N2c3cccc4c3B3c5c(cccc5C(c5ccccc5)(c5ccccc5)c5cccc2c53)O4)cc1. The van der Waals surface area contributed by atoms with Gasteiger partial charge in [0.15, 0.2) is 0 Å². The predicted molar refractivity (Wildman–Crippen MR) is 164 cm³/mol. The number of hydrogen-bond acceptors (Lipinski definition) is 2. The highest BCUT2D eigenvalue weighted by atomic mass is 16.5. The highest BCUT2D eigenvalue weighted by molar-refractivity contribution is 7.00. The molecule has 0 saturated carbocycles. The number of benzene rings is 6. The van der Waals surface area contributed by atoms with E-state index >= 15 is 0 Å². The van der Waals surface area contributed by atoms with Crippen molar-refractivity contribution in [3.63, 3.8) is 0 Å². The summed E-state index contributed by atoms with van der Waals surface area (Å²) in [5.74, 6) is 1.90. The molecular weight excluding hydrogens is 485 g/mol. The molecule has 0 aromatic heterocycles. The lowest BCUT2D eigenvalue weighted by Gasteiger charge is -2.50. The summed E-state index contributed by atoms with van der Waals surface area (Å²) < 4.78 is 6.77. The van der Waals surface area contributed by atoms with Crippen LogP contribution in [0.25, 0.3) is 0 Å². The van der Waals surface area contributed by atoms with Crippen LogP contribution in [0.2, 0.25) is 0 Å². The largest absolute Gasteiger partial charge is 0.458 e. The molecule has 6 aromatic carbocycles. The molecule has 0 unspecified atom stereocenters. The minimum Gasteiger partial charge on any atom is -0.458 e. The first-order valence-corrected chi connectivity index (χ1v) is 13.9. The maximum atomic E-state index is 6.77. The Morgan fingerprint density at radius 1 is 0.450 bits per heavy atom. The minimum absolute atomic E-state index is 0.0952. The lowest BCUT2D eigenvalue weighted by Crippen LogP contribution is -2.66. The Hall–Kier alpha value is -5.02. The van der Waals surface area contributed by atoms with Gasteiger partial charge < -0.3 is 9.64 Å². The first kappa shape index (κ1) is 21.9. The Labute approximate surface area is 234 Å². The van der Waals surface area contributed by atoms with Crippen molar-refractivity contribution >= 4 is 40.2 Å². The lowest BCUT2D eigenvalue weighted by atomic mass is 9.28. The third kappa shape index (κ3) is 2.64. The van der Waals surface area contributed by atoms with Crippen LogP contribution >= 0.6 is 0 Å². The standard InChI is InChI=1S/C37H24BNO/c1-4-13-25(14-5-1)37(26-15-6-2-7-16-26)28-19-10-21-30-34(28)38-35-29(37)20-11-23-32(35)40-33-24-12-22-31(36(33)38)39(30)27-17-8-3-9-18-27/h1-24H. The van der Waals surface area contributed by atoms with Gasteiger partial charge in [-0.3, -0.25) is 0 Å². The van der Waals surface area contributed by atoms with E-state index in [9.17, 15) is 0 Å². The normalized spacial score (nSPS) is 14.8. The molecule has 3 heterocycles. The highest BCUT2D eigenvalue weighted by Gasteiger charge is 2.54. The van der Waals surface area contributed by atoms with Crippen molar-refractivity contribution in [2.45, 2.75) is 5.41 Å². The Balaban J connectivity index is 1.49. The Morgan fingerprint density at radius 2 is 0.950 bits per heavy atom. The molecule has 0 fully saturated rings. The van der Waals surface area contributed by atoms with Gasteiger partial charge in [-0.2, -0.15) is 0 Å². The molecule has 0 saturated heterocycles. The fraction of sp³-hybridized carbons (Fsp3) is 0.0270. The van der Waals surface area contributed by atoms with Gasteiger partial charge in [-0.25, -0.2) is 0 Å². The van der Waals surface area contributed by atoms with Crippen LogP contribution in [0, 0.1) is 0 Å². The summed E-state index contributed by atoms with van der Waals surface area (Å²) in [5.41, 5.74) is 12.1. The van der Waals surface area contributed by atoms with Crippen molar-refractivity contribution < 1.29 is 4.74 Å². The Morgan fingerprint density at radius 3 is 1.60 bits per heavy atom. The maximum absolute atomic E-state index is 6.77. The molecule has 2 nitrogen and oxygen atoms in total.